The smallest absolute Gasteiger partial charge is 0.256 e. The van der Waals surface area contributed by atoms with Gasteiger partial charge in [0, 0.05) is 10.0 Å². The van der Waals surface area contributed by atoms with Crippen LogP contribution in [0.15, 0.2) is 40.9 Å². The van der Waals surface area contributed by atoms with Crippen LogP contribution in [-0.2, 0) is 0 Å². The van der Waals surface area contributed by atoms with Gasteiger partial charge in [-0.25, -0.2) is 4.98 Å². The average Bonchev–Trinajstić information content (AvgIpc) is 2.34. The molecule has 1 heterocycles. The number of rotatable bonds is 2. The highest BCUT2D eigenvalue weighted by atomic mass is 79.9. The minimum Gasteiger partial charge on any atom is -0.305 e. The van der Waals surface area contributed by atoms with Gasteiger partial charge in [-0.15, -0.1) is 0 Å². The van der Waals surface area contributed by atoms with Gasteiger partial charge in [0.25, 0.3) is 5.91 Å². The maximum Gasteiger partial charge on any atom is 0.256 e. The molecular weight excluding hydrogens is 339 g/mol. The highest BCUT2D eigenvalue weighted by Gasteiger charge is 2.10. The minimum absolute atomic E-state index is 0.245. The molecule has 0 atom stereocenters. The first-order valence-corrected chi connectivity index (χ1v) is 6.50. The Morgan fingerprint density at radius 3 is 2.72 bits per heavy atom. The number of benzene rings is 1. The van der Waals surface area contributed by atoms with Crippen molar-refractivity contribution < 1.29 is 4.79 Å². The van der Waals surface area contributed by atoms with E-state index in [1.165, 1.54) is 0 Å². The molecule has 6 heteroatoms. The number of nitrogens with zero attached hydrogens (tertiary/aromatic N) is 1. The van der Waals surface area contributed by atoms with E-state index >= 15 is 0 Å². The number of halogens is 3. The van der Waals surface area contributed by atoms with Gasteiger partial charge in [-0.2, -0.15) is 0 Å². The Labute approximate surface area is 122 Å². The van der Waals surface area contributed by atoms with Crippen LogP contribution in [0.2, 0.25) is 10.2 Å². The second-order valence-corrected chi connectivity index (χ2v) is 5.14. The second kappa shape index (κ2) is 5.69. The fraction of sp³-hybridized carbons (Fsp3) is 0. The number of anilines is 1. The minimum atomic E-state index is -0.298. The molecule has 0 spiro atoms. The van der Waals surface area contributed by atoms with Gasteiger partial charge in [0.15, 0.2) is 5.82 Å². The number of aromatic nitrogens is 1. The van der Waals surface area contributed by atoms with Gasteiger partial charge >= 0.3 is 0 Å². The molecule has 0 aliphatic heterocycles. The van der Waals surface area contributed by atoms with Gasteiger partial charge in [0.2, 0.25) is 0 Å². The Hall–Kier alpha value is -1.10. The van der Waals surface area contributed by atoms with E-state index in [4.69, 9.17) is 23.2 Å². The summed E-state index contributed by atoms with van der Waals surface area (Å²) in [5.41, 5.74) is 0.502. The van der Waals surface area contributed by atoms with E-state index in [9.17, 15) is 4.79 Å². The third-order valence-corrected chi connectivity index (χ3v) is 3.14. The van der Waals surface area contributed by atoms with E-state index in [0.29, 0.717) is 10.6 Å². The number of hydrogen-bond acceptors (Lipinski definition) is 2. The third kappa shape index (κ3) is 3.22. The Morgan fingerprint density at radius 2 is 2.00 bits per heavy atom. The molecule has 3 nitrogen and oxygen atoms in total. The predicted molar refractivity (Wildman–Crippen MR) is 76.4 cm³/mol. The molecule has 1 aromatic carbocycles. The number of carbonyl (C=O) groups excluding carboxylic acids is 1. The second-order valence-electron chi connectivity index (χ2n) is 3.43. The first-order valence-electron chi connectivity index (χ1n) is 4.95. The number of hydrogen-bond donors (Lipinski definition) is 1. The van der Waals surface area contributed by atoms with Crippen molar-refractivity contribution in [3.8, 4) is 0 Å². The molecule has 0 saturated carbocycles. The summed E-state index contributed by atoms with van der Waals surface area (Å²) in [7, 11) is 0. The van der Waals surface area contributed by atoms with E-state index in [0.717, 1.165) is 4.47 Å². The van der Waals surface area contributed by atoms with Gasteiger partial charge in [-0.05, 0) is 30.3 Å². The van der Waals surface area contributed by atoms with Crippen LogP contribution in [0.25, 0.3) is 0 Å². The van der Waals surface area contributed by atoms with Crippen molar-refractivity contribution in [2.75, 3.05) is 5.32 Å². The maximum atomic E-state index is 12.0. The Balaban J connectivity index is 2.24. The maximum absolute atomic E-state index is 12.0. The molecule has 0 fully saturated rings. The van der Waals surface area contributed by atoms with Crippen LogP contribution in [0.1, 0.15) is 10.4 Å². The van der Waals surface area contributed by atoms with E-state index < -0.39 is 0 Å². The highest BCUT2D eigenvalue weighted by molar-refractivity contribution is 9.10. The molecule has 0 aliphatic rings. The lowest BCUT2D eigenvalue weighted by atomic mass is 10.2. The van der Waals surface area contributed by atoms with Gasteiger partial charge in [-0.1, -0.05) is 45.2 Å². The Kier molecular flexibility index (Phi) is 4.22. The van der Waals surface area contributed by atoms with E-state index in [1.807, 2.05) is 6.07 Å². The molecule has 2 aromatic rings. The number of nitrogens with one attached hydrogen (secondary N) is 1. The lowest BCUT2D eigenvalue weighted by Gasteiger charge is -2.06. The van der Waals surface area contributed by atoms with Crippen molar-refractivity contribution in [3.63, 3.8) is 0 Å². The lowest BCUT2D eigenvalue weighted by Crippen LogP contribution is -2.13. The fourth-order valence-electron chi connectivity index (χ4n) is 1.32. The molecule has 1 aromatic heterocycles. The standard InChI is InChI=1S/C12H7BrCl2N2O/c13-8-3-1-2-7(6-8)12(18)17-11-9(14)4-5-10(15)16-11/h1-6H,(H,16,17,18). The van der Waals surface area contributed by atoms with E-state index in [2.05, 4.69) is 26.2 Å². The Morgan fingerprint density at radius 1 is 1.22 bits per heavy atom. The number of amides is 1. The van der Waals surface area contributed by atoms with Crippen molar-refractivity contribution in [1.29, 1.82) is 0 Å². The lowest BCUT2D eigenvalue weighted by molar-refractivity contribution is 0.102. The summed E-state index contributed by atoms with van der Waals surface area (Å²) < 4.78 is 0.820. The Bertz CT molecular complexity index is 604. The molecular formula is C12H7BrCl2N2O. The van der Waals surface area contributed by atoms with Crippen LogP contribution in [-0.4, -0.2) is 10.9 Å². The van der Waals surface area contributed by atoms with E-state index in [1.54, 1.807) is 30.3 Å². The first-order chi connectivity index (χ1) is 8.56. The quantitative estimate of drug-likeness (QED) is 0.819. The highest BCUT2D eigenvalue weighted by Crippen LogP contribution is 2.22. The van der Waals surface area contributed by atoms with Crippen LogP contribution >= 0.6 is 39.1 Å². The molecule has 2 rings (SSSR count). The van der Waals surface area contributed by atoms with Gasteiger partial charge in [-0.3, -0.25) is 4.79 Å². The van der Waals surface area contributed by atoms with Gasteiger partial charge in [0.05, 0.1) is 5.02 Å². The van der Waals surface area contributed by atoms with Crippen LogP contribution in [0, 0.1) is 0 Å². The van der Waals surface area contributed by atoms with Crippen LogP contribution in [0.5, 0.6) is 0 Å². The fourth-order valence-corrected chi connectivity index (χ4v) is 2.01. The molecule has 18 heavy (non-hydrogen) atoms. The zero-order valence-corrected chi connectivity index (χ0v) is 12.1. The normalized spacial score (nSPS) is 10.2. The zero-order valence-electron chi connectivity index (χ0n) is 8.95. The van der Waals surface area contributed by atoms with Gasteiger partial charge < -0.3 is 5.32 Å². The third-order valence-electron chi connectivity index (χ3n) is 2.13. The number of carbonyl (C=O) groups is 1. The number of pyridine rings is 1. The average molecular weight is 346 g/mol. The van der Waals surface area contributed by atoms with Crippen molar-refractivity contribution in [1.82, 2.24) is 4.98 Å². The van der Waals surface area contributed by atoms with Crippen LogP contribution < -0.4 is 5.32 Å². The largest absolute Gasteiger partial charge is 0.305 e. The van der Waals surface area contributed by atoms with Crippen LogP contribution in [0.3, 0.4) is 0 Å². The summed E-state index contributed by atoms with van der Waals surface area (Å²) in [6, 6.07) is 10.1. The van der Waals surface area contributed by atoms with Crippen LogP contribution in [0.4, 0.5) is 5.82 Å². The van der Waals surface area contributed by atoms with Crippen molar-refractivity contribution in [2.45, 2.75) is 0 Å². The summed E-state index contributed by atoms with van der Waals surface area (Å²) in [5.74, 6) is -0.0536. The van der Waals surface area contributed by atoms with Crippen molar-refractivity contribution in [3.05, 3.63) is 56.6 Å². The van der Waals surface area contributed by atoms with E-state index in [-0.39, 0.29) is 16.9 Å². The molecule has 1 N–H and O–H groups in total. The van der Waals surface area contributed by atoms with Crippen molar-refractivity contribution in [2.24, 2.45) is 0 Å². The molecule has 0 aliphatic carbocycles. The predicted octanol–water partition coefficient (Wildman–Crippen LogP) is 4.40. The zero-order chi connectivity index (χ0) is 13.1. The first kappa shape index (κ1) is 13.3. The summed E-state index contributed by atoms with van der Waals surface area (Å²) in [6.45, 7) is 0. The molecule has 0 bridgehead atoms. The topological polar surface area (TPSA) is 42.0 Å². The summed E-state index contributed by atoms with van der Waals surface area (Å²) in [5, 5.41) is 3.21. The molecule has 92 valence electrons. The summed E-state index contributed by atoms with van der Waals surface area (Å²) in [4.78, 5) is 15.9. The molecule has 0 unspecified atom stereocenters. The monoisotopic (exact) mass is 344 g/mol. The molecule has 0 saturated heterocycles. The molecule has 0 radical (unpaired) electrons. The van der Waals surface area contributed by atoms with Crippen molar-refractivity contribution >= 4 is 50.9 Å². The SMILES string of the molecule is O=C(Nc1nc(Cl)ccc1Cl)c1cccc(Br)c1. The van der Waals surface area contributed by atoms with Gasteiger partial charge in [0.1, 0.15) is 5.15 Å². The summed E-state index contributed by atoms with van der Waals surface area (Å²) >= 11 is 15.0. The molecule has 1 amide bonds. The summed E-state index contributed by atoms with van der Waals surface area (Å²) in [6.07, 6.45) is 0.